The molecule has 0 spiro atoms. The molecule has 0 saturated carbocycles. The molecule has 0 saturated heterocycles. The minimum absolute atomic E-state index is 0.0135. The van der Waals surface area contributed by atoms with E-state index in [1.165, 1.54) is 30.3 Å². The van der Waals surface area contributed by atoms with Crippen molar-refractivity contribution in [2.75, 3.05) is 12.1 Å². The van der Waals surface area contributed by atoms with Gasteiger partial charge in [-0.3, -0.25) is 19.7 Å². The van der Waals surface area contributed by atoms with Gasteiger partial charge in [-0.15, -0.1) is 0 Å². The van der Waals surface area contributed by atoms with Crippen molar-refractivity contribution in [3.63, 3.8) is 0 Å². The summed E-state index contributed by atoms with van der Waals surface area (Å²) in [5, 5.41) is 16.2. The highest BCUT2D eigenvalue weighted by Gasteiger charge is 2.18. The van der Waals surface area contributed by atoms with Crippen molar-refractivity contribution < 1.29 is 24.0 Å². The zero-order chi connectivity index (χ0) is 24.2. The van der Waals surface area contributed by atoms with E-state index in [0.29, 0.717) is 28.3 Å². The first-order chi connectivity index (χ1) is 16.3. The van der Waals surface area contributed by atoms with E-state index in [9.17, 15) is 19.7 Å². The largest absolute Gasteiger partial charge is 0.454 e. The lowest BCUT2D eigenvalue weighted by molar-refractivity contribution is -0.384. The van der Waals surface area contributed by atoms with E-state index in [1.54, 1.807) is 30.3 Å². The van der Waals surface area contributed by atoms with Crippen LogP contribution in [0.15, 0.2) is 66.4 Å². The number of nitrogens with zero attached hydrogens (tertiary/aromatic N) is 1. The Bertz CT molecular complexity index is 1310. The molecule has 9 nitrogen and oxygen atoms in total. The van der Waals surface area contributed by atoms with Crippen LogP contribution in [0.5, 0.6) is 11.5 Å². The van der Waals surface area contributed by atoms with E-state index < -0.39 is 16.7 Å². The molecule has 1 heterocycles. The Kier molecular flexibility index (Phi) is 6.26. The van der Waals surface area contributed by atoms with Gasteiger partial charge in [0.1, 0.15) is 5.70 Å². The number of carbonyl (C=O) groups excluding carboxylic acids is 2. The number of fused-ring (bicyclic) bond motifs is 1. The number of amides is 2. The zero-order valence-corrected chi connectivity index (χ0v) is 18.5. The molecule has 2 N–H and O–H groups in total. The molecule has 0 unspecified atom stereocenters. The summed E-state index contributed by atoms with van der Waals surface area (Å²) in [6.45, 7) is 3.95. The van der Waals surface area contributed by atoms with Crippen LogP contribution in [0.25, 0.3) is 6.08 Å². The lowest BCUT2D eigenvalue weighted by Crippen LogP contribution is -2.30. The van der Waals surface area contributed by atoms with Gasteiger partial charge in [-0.25, -0.2) is 0 Å². The number of benzene rings is 3. The Labute approximate surface area is 195 Å². The highest BCUT2D eigenvalue weighted by molar-refractivity contribution is 6.10. The Morgan fingerprint density at radius 3 is 2.38 bits per heavy atom. The summed E-state index contributed by atoms with van der Waals surface area (Å²) in [5.74, 6) is 0.0789. The molecule has 9 heteroatoms. The van der Waals surface area contributed by atoms with Crippen LogP contribution in [0.3, 0.4) is 0 Å². The smallest absolute Gasteiger partial charge is 0.272 e. The third-order valence-corrected chi connectivity index (χ3v) is 5.31. The van der Waals surface area contributed by atoms with Gasteiger partial charge in [-0.1, -0.05) is 12.1 Å². The minimum Gasteiger partial charge on any atom is -0.454 e. The molecule has 34 heavy (non-hydrogen) atoms. The molecule has 0 atom stereocenters. The number of nitro benzene ring substituents is 1. The van der Waals surface area contributed by atoms with Crippen molar-refractivity contribution in [1.29, 1.82) is 0 Å². The van der Waals surface area contributed by atoms with E-state index >= 15 is 0 Å². The predicted molar refractivity (Wildman–Crippen MR) is 126 cm³/mol. The van der Waals surface area contributed by atoms with Crippen LogP contribution < -0.4 is 20.1 Å². The summed E-state index contributed by atoms with van der Waals surface area (Å²) in [6, 6.07) is 15.8. The lowest BCUT2D eigenvalue weighted by Gasteiger charge is -2.12. The highest BCUT2D eigenvalue weighted by Crippen LogP contribution is 2.33. The summed E-state index contributed by atoms with van der Waals surface area (Å²) >= 11 is 0. The van der Waals surface area contributed by atoms with Gasteiger partial charge in [0.2, 0.25) is 6.79 Å². The minimum atomic E-state index is -0.594. The number of rotatable bonds is 6. The summed E-state index contributed by atoms with van der Waals surface area (Å²) in [5.41, 5.74) is 3.24. The van der Waals surface area contributed by atoms with Crippen LogP contribution in [0.1, 0.15) is 27.0 Å². The maximum atomic E-state index is 13.1. The number of anilines is 1. The van der Waals surface area contributed by atoms with Crippen molar-refractivity contribution in [3.8, 4) is 11.5 Å². The van der Waals surface area contributed by atoms with E-state index in [4.69, 9.17) is 9.47 Å². The van der Waals surface area contributed by atoms with E-state index in [0.717, 1.165) is 11.1 Å². The number of aryl methyl sites for hydroxylation is 2. The zero-order valence-electron chi connectivity index (χ0n) is 18.5. The third kappa shape index (κ3) is 5.04. The Balaban J connectivity index is 1.62. The van der Waals surface area contributed by atoms with Crippen molar-refractivity contribution in [1.82, 2.24) is 5.32 Å². The Morgan fingerprint density at radius 2 is 1.68 bits per heavy atom. The van der Waals surface area contributed by atoms with Crippen molar-refractivity contribution in [2.45, 2.75) is 13.8 Å². The van der Waals surface area contributed by atoms with Crippen molar-refractivity contribution in [3.05, 3.63) is 98.7 Å². The van der Waals surface area contributed by atoms with Crippen LogP contribution in [0, 0.1) is 24.0 Å². The molecule has 3 aromatic carbocycles. The number of ether oxygens (including phenoxy) is 2. The van der Waals surface area contributed by atoms with Gasteiger partial charge in [0.05, 0.1) is 4.92 Å². The molecular formula is C25H21N3O6. The Morgan fingerprint density at radius 1 is 0.941 bits per heavy atom. The first kappa shape index (κ1) is 22.5. The van der Waals surface area contributed by atoms with Crippen LogP contribution in [-0.4, -0.2) is 23.5 Å². The second-order valence-corrected chi connectivity index (χ2v) is 7.68. The molecule has 2 amide bonds. The number of nitrogens with one attached hydrogen (secondary N) is 2. The topological polar surface area (TPSA) is 120 Å². The molecule has 3 aromatic rings. The van der Waals surface area contributed by atoms with Crippen LogP contribution in [0.4, 0.5) is 11.4 Å². The number of nitro groups is 1. The number of non-ortho nitro benzene ring substituents is 1. The molecular weight excluding hydrogens is 438 g/mol. The molecule has 0 radical (unpaired) electrons. The van der Waals surface area contributed by atoms with Crippen molar-refractivity contribution in [2.24, 2.45) is 0 Å². The van der Waals surface area contributed by atoms with Crippen LogP contribution >= 0.6 is 0 Å². The predicted octanol–water partition coefficient (Wildman–Crippen LogP) is 4.35. The monoisotopic (exact) mass is 459 g/mol. The standard InChI is InChI=1S/C25H21N3O6/c1-15-3-5-18(11-16(15)2)24(29)27-21(12-17-4-10-22-23(13-17)34-14-33-22)25(30)26-19-6-8-20(9-7-19)28(31)32/h3-13H,14H2,1-2H3,(H,26,30)(H,27,29). The van der Waals surface area contributed by atoms with Gasteiger partial charge < -0.3 is 20.1 Å². The van der Waals surface area contributed by atoms with E-state index in [2.05, 4.69) is 10.6 Å². The first-order valence-electron chi connectivity index (χ1n) is 10.4. The summed E-state index contributed by atoms with van der Waals surface area (Å²) < 4.78 is 10.7. The second-order valence-electron chi connectivity index (χ2n) is 7.68. The average Bonchev–Trinajstić information content (AvgIpc) is 3.28. The number of hydrogen-bond donors (Lipinski definition) is 2. The van der Waals surface area contributed by atoms with Crippen molar-refractivity contribution >= 4 is 29.3 Å². The fraction of sp³-hybridized carbons (Fsp3) is 0.120. The quantitative estimate of drug-likeness (QED) is 0.321. The normalized spacial score (nSPS) is 12.2. The average molecular weight is 459 g/mol. The summed E-state index contributed by atoms with van der Waals surface area (Å²) in [7, 11) is 0. The second kappa shape index (κ2) is 9.45. The summed E-state index contributed by atoms with van der Waals surface area (Å²) in [6.07, 6.45) is 1.52. The highest BCUT2D eigenvalue weighted by atomic mass is 16.7. The molecule has 1 aliphatic heterocycles. The molecule has 0 bridgehead atoms. The lowest BCUT2D eigenvalue weighted by atomic mass is 10.1. The maximum absolute atomic E-state index is 13.1. The number of carbonyl (C=O) groups is 2. The molecule has 0 fully saturated rings. The van der Waals surface area contributed by atoms with Gasteiger partial charge in [0.25, 0.3) is 17.5 Å². The first-order valence-corrected chi connectivity index (χ1v) is 10.4. The molecule has 4 rings (SSSR count). The van der Waals surface area contributed by atoms with Gasteiger partial charge in [-0.2, -0.15) is 0 Å². The Hall–Kier alpha value is -4.66. The fourth-order valence-electron chi connectivity index (χ4n) is 3.27. The molecule has 172 valence electrons. The summed E-state index contributed by atoms with van der Waals surface area (Å²) in [4.78, 5) is 36.3. The number of hydrogen-bond acceptors (Lipinski definition) is 6. The molecule has 0 aromatic heterocycles. The third-order valence-electron chi connectivity index (χ3n) is 5.31. The van der Waals surface area contributed by atoms with Gasteiger partial charge >= 0.3 is 0 Å². The maximum Gasteiger partial charge on any atom is 0.272 e. The molecule has 0 aliphatic carbocycles. The SMILES string of the molecule is Cc1ccc(C(=O)NC(=Cc2ccc3c(c2)OCO3)C(=O)Nc2ccc([N+](=O)[O-])cc2)cc1C. The van der Waals surface area contributed by atoms with E-state index in [-0.39, 0.29) is 18.2 Å². The van der Waals surface area contributed by atoms with Crippen LogP contribution in [0.2, 0.25) is 0 Å². The molecule has 1 aliphatic rings. The fourth-order valence-corrected chi connectivity index (χ4v) is 3.27. The van der Waals surface area contributed by atoms with Gasteiger partial charge in [0.15, 0.2) is 11.5 Å². The van der Waals surface area contributed by atoms with Gasteiger partial charge in [0, 0.05) is 23.4 Å². The van der Waals surface area contributed by atoms with Crippen LogP contribution in [-0.2, 0) is 4.79 Å². The van der Waals surface area contributed by atoms with Gasteiger partial charge in [-0.05, 0) is 73.0 Å². The van der Waals surface area contributed by atoms with E-state index in [1.807, 2.05) is 19.9 Å².